The number of likely N-dealkylation sites (tertiary alicyclic amines) is 1. The molecule has 82 valence electrons. The van der Waals surface area contributed by atoms with Gasteiger partial charge in [-0.2, -0.15) is 5.26 Å². The Balaban J connectivity index is 2.23. The average molecular weight is 216 g/mol. The minimum Gasteiger partial charge on any atom is -0.465 e. The van der Waals surface area contributed by atoms with Crippen LogP contribution in [0.4, 0.5) is 4.79 Å². The number of rotatable bonds is 1. The van der Waals surface area contributed by atoms with Crippen LogP contribution in [-0.4, -0.2) is 22.6 Å². The number of benzene rings is 1. The molecule has 1 aliphatic heterocycles. The fourth-order valence-corrected chi connectivity index (χ4v) is 2.12. The van der Waals surface area contributed by atoms with Crippen LogP contribution in [0.25, 0.3) is 0 Å². The SMILES string of the molecule is N#Cc1ccc(C2CCCN2C(=O)O)cc1. The first-order valence-corrected chi connectivity index (χ1v) is 5.22. The lowest BCUT2D eigenvalue weighted by atomic mass is 10.0. The Bertz CT molecular complexity index is 433. The van der Waals surface area contributed by atoms with Gasteiger partial charge in [-0.05, 0) is 30.5 Å². The maximum atomic E-state index is 11.0. The molecule has 1 fully saturated rings. The van der Waals surface area contributed by atoms with Crippen LogP contribution >= 0.6 is 0 Å². The van der Waals surface area contributed by atoms with Crippen LogP contribution < -0.4 is 0 Å². The van der Waals surface area contributed by atoms with Gasteiger partial charge >= 0.3 is 6.09 Å². The molecule has 0 saturated carbocycles. The zero-order valence-corrected chi connectivity index (χ0v) is 8.76. The van der Waals surface area contributed by atoms with E-state index in [1.54, 1.807) is 12.1 Å². The Kier molecular flexibility index (Phi) is 2.78. The van der Waals surface area contributed by atoms with Crippen molar-refractivity contribution in [1.29, 1.82) is 5.26 Å². The van der Waals surface area contributed by atoms with Crippen molar-refractivity contribution < 1.29 is 9.90 Å². The molecule has 1 saturated heterocycles. The molecular weight excluding hydrogens is 204 g/mol. The van der Waals surface area contributed by atoms with Gasteiger partial charge in [-0.3, -0.25) is 0 Å². The summed E-state index contributed by atoms with van der Waals surface area (Å²) in [4.78, 5) is 12.4. The molecule has 1 atom stereocenters. The molecule has 0 radical (unpaired) electrons. The molecule has 1 aromatic rings. The highest BCUT2D eigenvalue weighted by Crippen LogP contribution is 2.31. The lowest BCUT2D eigenvalue weighted by Gasteiger charge is -2.21. The molecule has 0 aromatic heterocycles. The minimum absolute atomic E-state index is 0.0507. The largest absolute Gasteiger partial charge is 0.465 e. The van der Waals surface area contributed by atoms with Gasteiger partial charge in [0.15, 0.2) is 0 Å². The van der Waals surface area contributed by atoms with Crippen LogP contribution in [0.3, 0.4) is 0 Å². The van der Waals surface area contributed by atoms with Crippen molar-refractivity contribution in [2.45, 2.75) is 18.9 Å². The van der Waals surface area contributed by atoms with Gasteiger partial charge < -0.3 is 10.0 Å². The van der Waals surface area contributed by atoms with Gasteiger partial charge in [-0.1, -0.05) is 12.1 Å². The first-order valence-electron chi connectivity index (χ1n) is 5.22. The van der Waals surface area contributed by atoms with Gasteiger partial charge in [0.2, 0.25) is 0 Å². The van der Waals surface area contributed by atoms with Crippen LogP contribution in [-0.2, 0) is 0 Å². The molecule has 1 aliphatic rings. The standard InChI is InChI=1S/C12H12N2O2/c13-8-9-3-5-10(6-4-9)11-2-1-7-14(11)12(15)16/h3-6,11H,1-2,7H2,(H,15,16). The second-order valence-electron chi connectivity index (χ2n) is 3.87. The highest BCUT2D eigenvalue weighted by atomic mass is 16.4. The highest BCUT2D eigenvalue weighted by Gasteiger charge is 2.29. The van der Waals surface area contributed by atoms with E-state index in [2.05, 4.69) is 0 Å². The maximum absolute atomic E-state index is 11.0. The lowest BCUT2D eigenvalue weighted by Crippen LogP contribution is -2.28. The summed E-state index contributed by atoms with van der Waals surface area (Å²) in [5, 5.41) is 17.7. The molecule has 1 amide bonds. The van der Waals surface area contributed by atoms with Crippen LogP contribution in [0.1, 0.15) is 30.0 Å². The number of nitriles is 1. The van der Waals surface area contributed by atoms with Crippen molar-refractivity contribution >= 4 is 6.09 Å². The molecule has 2 rings (SSSR count). The molecular formula is C12H12N2O2. The van der Waals surface area contributed by atoms with E-state index in [4.69, 9.17) is 10.4 Å². The molecule has 1 heterocycles. The summed E-state index contributed by atoms with van der Waals surface area (Å²) in [5.41, 5.74) is 1.57. The number of hydrogen-bond donors (Lipinski definition) is 1. The third kappa shape index (κ3) is 1.84. The number of carbonyl (C=O) groups is 1. The number of hydrogen-bond acceptors (Lipinski definition) is 2. The predicted octanol–water partition coefficient (Wildman–Crippen LogP) is 2.37. The Morgan fingerprint density at radius 2 is 2.12 bits per heavy atom. The highest BCUT2D eigenvalue weighted by molar-refractivity contribution is 5.66. The van der Waals surface area contributed by atoms with E-state index < -0.39 is 6.09 Å². The summed E-state index contributed by atoms with van der Waals surface area (Å²) >= 11 is 0. The van der Waals surface area contributed by atoms with Gasteiger partial charge in [0.1, 0.15) is 0 Å². The normalized spacial score (nSPS) is 19.4. The topological polar surface area (TPSA) is 64.3 Å². The fraction of sp³-hybridized carbons (Fsp3) is 0.333. The minimum atomic E-state index is -0.869. The van der Waals surface area contributed by atoms with Gasteiger partial charge in [-0.15, -0.1) is 0 Å². The molecule has 0 spiro atoms. The average Bonchev–Trinajstić information content (AvgIpc) is 2.78. The first-order chi connectivity index (χ1) is 7.72. The van der Waals surface area contributed by atoms with Crippen molar-refractivity contribution in [2.24, 2.45) is 0 Å². The van der Waals surface area contributed by atoms with E-state index in [0.717, 1.165) is 18.4 Å². The number of nitrogens with zero attached hydrogens (tertiary/aromatic N) is 2. The van der Waals surface area contributed by atoms with Gasteiger partial charge in [-0.25, -0.2) is 4.79 Å². The number of amides is 1. The summed E-state index contributed by atoms with van der Waals surface area (Å²) in [5.74, 6) is 0. The van der Waals surface area contributed by atoms with Crippen molar-refractivity contribution in [1.82, 2.24) is 4.90 Å². The second-order valence-corrected chi connectivity index (χ2v) is 3.87. The van der Waals surface area contributed by atoms with E-state index in [9.17, 15) is 4.79 Å². The summed E-state index contributed by atoms with van der Waals surface area (Å²) < 4.78 is 0. The Morgan fingerprint density at radius 1 is 1.44 bits per heavy atom. The van der Waals surface area contributed by atoms with Crippen LogP contribution in [0, 0.1) is 11.3 Å². The summed E-state index contributed by atoms with van der Waals surface area (Å²) in [6.45, 7) is 0.597. The molecule has 0 bridgehead atoms. The third-order valence-electron chi connectivity index (χ3n) is 2.92. The van der Waals surface area contributed by atoms with Crippen molar-refractivity contribution in [3.63, 3.8) is 0 Å². The van der Waals surface area contributed by atoms with Crippen molar-refractivity contribution in [3.8, 4) is 6.07 Å². The maximum Gasteiger partial charge on any atom is 0.407 e. The smallest absolute Gasteiger partial charge is 0.407 e. The Morgan fingerprint density at radius 3 is 2.69 bits per heavy atom. The molecule has 0 aliphatic carbocycles. The van der Waals surface area contributed by atoms with Gasteiger partial charge in [0, 0.05) is 6.54 Å². The zero-order valence-electron chi connectivity index (χ0n) is 8.76. The Hall–Kier alpha value is -2.02. The van der Waals surface area contributed by atoms with E-state index in [1.165, 1.54) is 4.90 Å². The summed E-state index contributed by atoms with van der Waals surface area (Å²) in [6.07, 6.45) is 0.890. The van der Waals surface area contributed by atoms with E-state index in [0.29, 0.717) is 12.1 Å². The lowest BCUT2D eigenvalue weighted by molar-refractivity contribution is 0.140. The monoisotopic (exact) mass is 216 g/mol. The number of carboxylic acid groups (broad SMARTS) is 1. The van der Waals surface area contributed by atoms with E-state index >= 15 is 0 Å². The van der Waals surface area contributed by atoms with E-state index in [1.807, 2.05) is 18.2 Å². The quantitative estimate of drug-likeness (QED) is 0.783. The van der Waals surface area contributed by atoms with Gasteiger partial charge in [0.25, 0.3) is 0 Å². The molecule has 16 heavy (non-hydrogen) atoms. The fourth-order valence-electron chi connectivity index (χ4n) is 2.12. The second kappa shape index (κ2) is 4.23. The molecule has 1 N–H and O–H groups in total. The van der Waals surface area contributed by atoms with Crippen LogP contribution in [0.2, 0.25) is 0 Å². The summed E-state index contributed by atoms with van der Waals surface area (Å²) in [6, 6.07) is 9.13. The van der Waals surface area contributed by atoms with Crippen molar-refractivity contribution in [2.75, 3.05) is 6.54 Å². The van der Waals surface area contributed by atoms with Crippen molar-refractivity contribution in [3.05, 3.63) is 35.4 Å². The predicted molar refractivity (Wildman–Crippen MR) is 57.9 cm³/mol. The summed E-state index contributed by atoms with van der Waals surface area (Å²) in [7, 11) is 0. The molecule has 4 heteroatoms. The zero-order chi connectivity index (χ0) is 11.5. The molecule has 1 unspecified atom stereocenters. The Labute approximate surface area is 93.7 Å². The van der Waals surface area contributed by atoms with Gasteiger partial charge in [0.05, 0.1) is 17.7 Å². The third-order valence-corrected chi connectivity index (χ3v) is 2.92. The van der Waals surface area contributed by atoms with Crippen LogP contribution in [0.5, 0.6) is 0 Å². The first kappa shape index (κ1) is 10.5. The van der Waals surface area contributed by atoms with Crippen LogP contribution in [0.15, 0.2) is 24.3 Å². The molecule has 1 aromatic carbocycles. The van der Waals surface area contributed by atoms with E-state index in [-0.39, 0.29) is 6.04 Å². The molecule has 4 nitrogen and oxygen atoms in total.